The first-order chi connectivity index (χ1) is 10.1. The van der Waals surface area contributed by atoms with Crippen molar-refractivity contribution in [3.63, 3.8) is 0 Å². The number of nitrogens with zero attached hydrogens (tertiary/aromatic N) is 3. The van der Waals surface area contributed by atoms with Gasteiger partial charge in [0.2, 0.25) is 6.39 Å². The number of urea groups is 1. The lowest BCUT2D eigenvalue weighted by atomic mass is 9.91. The van der Waals surface area contributed by atoms with Gasteiger partial charge in [0.25, 0.3) is 0 Å². The summed E-state index contributed by atoms with van der Waals surface area (Å²) in [4.78, 5) is 29.2. The highest BCUT2D eigenvalue weighted by Gasteiger charge is 2.49. The molecule has 1 unspecified atom stereocenters. The van der Waals surface area contributed by atoms with Crippen LogP contribution in [0.3, 0.4) is 0 Å². The van der Waals surface area contributed by atoms with E-state index in [4.69, 9.17) is 0 Å². The minimum Gasteiger partial charge on any atom is -0.479 e. The number of hydrogen-bond acceptors (Lipinski definition) is 5. The van der Waals surface area contributed by atoms with E-state index in [1.165, 1.54) is 11.3 Å². The van der Waals surface area contributed by atoms with E-state index in [0.29, 0.717) is 44.6 Å². The standard InChI is InChI=1S/C13H20N4O4/c1-2-5-13(11(18)19)6-3-8-17(13)12(20)14-7-4-10-15-9-21-16-10/h9H,2-8H2,1H3,(H,14,20)(H,18,19). The molecule has 0 aliphatic carbocycles. The smallest absolute Gasteiger partial charge is 0.329 e. The number of aliphatic carboxylic acids is 1. The average Bonchev–Trinajstić information content (AvgIpc) is 3.08. The molecule has 2 amide bonds. The molecule has 116 valence electrons. The summed E-state index contributed by atoms with van der Waals surface area (Å²) in [6.45, 7) is 2.74. The van der Waals surface area contributed by atoms with Crippen molar-refractivity contribution < 1.29 is 19.2 Å². The molecule has 2 heterocycles. The van der Waals surface area contributed by atoms with Gasteiger partial charge in [0, 0.05) is 19.5 Å². The van der Waals surface area contributed by atoms with Gasteiger partial charge in [-0.05, 0) is 19.3 Å². The Morgan fingerprint density at radius 3 is 3.00 bits per heavy atom. The second-order valence-corrected chi connectivity index (χ2v) is 5.17. The molecule has 0 spiro atoms. The highest BCUT2D eigenvalue weighted by atomic mass is 16.5. The summed E-state index contributed by atoms with van der Waals surface area (Å²) in [6, 6.07) is -0.341. The van der Waals surface area contributed by atoms with E-state index in [1.807, 2.05) is 6.92 Å². The number of carbonyl (C=O) groups is 2. The third-order valence-corrected chi connectivity index (χ3v) is 3.83. The van der Waals surface area contributed by atoms with Gasteiger partial charge in [-0.1, -0.05) is 18.5 Å². The Labute approximate surface area is 122 Å². The molecule has 0 bridgehead atoms. The van der Waals surface area contributed by atoms with Crippen LogP contribution in [0, 0.1) is 0 Å². The number of rotatable bonds is 6. The van der Waals surface area contributed by atoms with Crippen molar-refractivity contribution in [1.82, 2.24) is 20.4 Å². The Kier molecular flexibility index (Phi) is 4.77. The van der Waals surface area contributed by atoms with E-state index >= 15 is 0 Å². The van der Waals surface area contributed by atoms with Gasteiger partial charge in [-0.2, -0.15) is 4.98 Å². The van der Waals surface area contributed by atoms with Gasteiger partial charge >= 0.3 is 12.0 Å². The lowest BCUT2D eigenvalue weighted by Gasteiger charge is -2.34. The number of hydrogen-bond donors (Lipinski definition) is 2. The normalized spacial score (nSPS) is 21.5. The van der Waals surface area contributed by atoms with Gasteiger partial charge in [-0.15, -0.1) is 0 Å². The van der Waals surface area contributed by atoms with Crippen molar-refractivity contribution in [1.29, 1.82) is 0 Å². The second-order valence-electron chi connectivity index (χ2n) is 5.17. The van der Waals surface area contributed by atoms with Gasteiger partial charge in [0.15, 0.2) is 5.82 Å². The Morgan fingerprint density at radius 2 is 2.38 bits per heavy atom. The van der Waals surface area contributed by atoms with Crippen LogP contribution in [0.4, 0.5) is 4.79 Å². The summed E-state index contributed by atoms with van der Waals surface area (Å²) in [5.41, 5.74) is -1.06. The van der Waals surface area contributed by atoms with Crippen LogP contribution in [-0.4, -0.2) is 50.8 Å². The predicted octanol–water partition coefficient (Wildman–Crippen LogP) is 1.04. The molecular formula is C13H20N4O4. The van der Waals surface area contributed by atoms with Crippen LogP contribution in [0.15, 0.2) is 10.9 Å². The third-order valence-electron chi connectivity index (χ3n) is 3.83. The van der Waals surface area contributed by atoms with Crippen LogP contribution in [-0.2, 0) is 11.2 Å². The van der Waals surface area contributed by atoms with E-state index in [1.54, 1.807) is 0 Å². The molecule has 2 N–H and O–H groups in total. The van der Waals surface area contributed by atoms with Gasteiger partial charge < -0.3 is 19.8 Å². The predicted molar refractivity (Wildman–Crippen MR) is 72.6 cm³/mol. The van der Waals surface area contributed by atoms with Crippen LogP contribution >= 0.6 is 0 Å². The number of nitrogens with one attached hydrogen (secondary N) is 1. The van der Waals surface area contributed by atoms with Gasteiger partial charge in [-0.25, -0.2) is 9.59 Å². The molecule has 1 atom stereocenters. The van der Waals surface area contributed by atoms with Gasteiger partial charge in [-0.3, -0.25) is 0 Å². The highest BCUT2D eigenvalue weighted by molar-refractivity contribution is 5.87. The molecule has 1 aliphatic rings. The highest BCUT2D eigenvalue weighted by Crippen LogP contribution is 2.33. The van der Waals surface area contributed by atoms with Crippen molar-refractivity contribution in [2.45, 2.75) is 44.6 Å². The Morgan fingerprint density at radius 1 is 1.57 bits per heavy atom. The molecule has 21 heavy (non-hydrogen) atoms. The van der Waals surface area contributed by atoms with Crippen LogP contribution in [0.5, 0.6) is 0 Å². The Bertz CT molecular complexity index is 490. The van der Waals surface area contributed by atoms with Gasteiger partial charge in [0.05, 0.1) is 0 Å². The quantitative estimate of drug-likeness (QED) is 0.812. The zero-order chi connectivity index (χ0) is 15.3. The lowest BCUT2D eigenvalue weighted by molar-refractivity contribution is -0.148. The maximum Gasteiger partial charge on any atom is 0.329 e. The first-order valence-electron chi connectivity index (χ1n) is 7.14. The molecule has 0 saturated carbocycles. The SMILES string of the molecule is CCCC1(C(=O)O)CCCN1C(=O)NCCc1ncon1. The number of amides is 2. The minimum absolute atomic E-state index is 0.341. The summed E-state index contributed by atoms with van der Waals surface area (Å²) in [7, 11) is 0. The van der Waals surface area contributed by atoms with E-state index in [2.05, 4.69) is 20.0 Å². The maximum absolute atomic E-state index is 12.3. The third kappa shape index (κ3) is 3.14. The molecule has 1 aromatic rings. The first kappa shape index (κ1) is 15.3. The van der Waals surface area contributed by atoms with Crippen LogP contribution < -0.4 is 5.32 Å². The fourth-order valence-electron chi connectivity index (χ4n) is 2.86. The molecular weight excluding hydrogens is 276 g/mol. The average molecular weight is 296 g/mol. The van der Waals surface area contributed by atoms with Gasteiger partial charge in [0.1, 0.15) is 5.54 Å². The van der Waals surface area contributed by atoms with Crippen molar-refractivity contribution in [3.05, 3.63) is 12.2 Å². The van der Waals surface area contributed by atoms with E-state index in [-0.39, 0.29) is 6.03 Å². The second kappa shape index (κ2) is 6.55. The summed E-state index contributed by atoms with van der Waals surface area (Å²) in [5, 5.41) is 15.9. The molecule has 1 aliphatic heterocycles. The molecule has 1 fully saturated rings. The van der Waals surface area contributed by atoms with Crippen molar-refractivity contribution in [2.24, 2.45) is 0 Å². The molecule has 0 radical (unpaired) electrons. The molecule has 1 saturated heterocycles. The fourth-order valence-corrected chi connectivity index (χ4v) is 2.86. The van der Waals surface area contributed by atoms with E-state index in [0.717, 1.165) is 6.42 Å². The number of aromatic nitrogens is 2. The first-order valence-corrected chi connectivity index (χ1v) is 7.14. The maximum atomic E-state index is 12.3. The summed E-state index contributed by atoms with van der Waals surface area (Å²) < 4.78 is 4.61. The van der Waals surface area contributed by atoms with Crippen LogP contribution in [0.25, 0.3) is 0 Å². The van der Waals surface area contributed by atoms with Crippen molar-refractivity contribution >= 4 is 12.0 Å². The van der Waals surface area contributed by atoms with Crippen molar-refractivity contribution in [2.75, 3.05) is 13.1 Å². The molecule has 2 rings (SSSR count). The Balaban J connectivity index is 1.95. The number of carboxylic acid groups (broad SMARTS) is 1. The lowest BCUT2D eigenvalue weighted by Crippen LogP contribution is -2.56. The largest absolute Gasteiger partial charge is 0.479 e. The Hall–Kier alpha value is -2.12. The topological polar surface area (TPSA) is 109 Å². The van der Waals surface area contributed by atoms with Crippen LogP contribution in [0.1, 0.15) is 38.4 Å². The zero-order valence-corrected chi connectivity index (χ0v) is 12.0. The minimum atomic E-state index is -1.06. The summed E-state index contributed by atoms with van der Waals surface area (Å²) >= 11 is 0. The number of likely N-dealkylation sites (tertiary alicyclic amines) is 1. The zero-order valence-electron chi connectivity index (χ0n) is 12.0. The monoisotopic (exact) mass is 296 g/mol. The summed E-state index contributed by atoms with van der Waals surface area (Å²) in [6.07, 6.45) is 4.09. The molecule has 1 aromatic heterocycles. The van der Waals surface area contributed by atoms with Crippen LogP contribution in [0.2, 0.25) is 0 Å². The molecule has 8 heteroatoms. The van der Waals surface area contributed by atoms with E-state index < -0.39 is 11.5 Å². The molecule has 0 aromatic carbocycles. The number of carbonyl (C=O) groups excluding carboxylic acids is 1. The number of carboxylic acids is 1. The van der Waals surface area contributed by atoms with E-state index in [9.17, 15) is 14.7 Å². The van der Waals surface area contributed by atoms with Crippen molar-refractivity contribution in [3.8, 4) is 0 Å². The summed E-state index contributed by atoms with van der Waals surface area (Å²) in [5.74, 6) is -0.412. The fraction of sp³-hybridized carbons (Fsp3) is 0.692. The molecule has 8 nitrogen and oxygen atoms in total.